The molecule has 1 aliphatic heterocycles. The van der Waals surface area contributed by atoms with E-state index in [0.29, 0.717) is 0 Å². The summed E-state index contributed by atoms with van der Waals surface area (Å²) < 4.78 is 12.8. The van der Waals surface area contributed by atoms with Crippen LogP contribution in [0.2, 0.25) is 0 Å². The van der Waals surface area contributed by atoms with Crippen molar-refractivity contribution in [1.29, 1.82) is 5.26 Å². The van der Waals surface area contributed by atoms with E-state index in [1.165, 1.54) is 6.07 Å². The summed E-state index contributed by atoms with van der Waals surface area (Å²) in [4.78, 5) is 11.4. The highest BCUT2D eigenvalue weighted by molar-refractivity contribution is 6.05. The molecule has 1 unspecified atom stereocenters. The number of amides is 1. The summed E-state index contributed by atoms with van der Waals surface area (Å²) in [5, 5.41) is 20.8. The molecule has 4 nitrogen and oxygen atoms in total. The molecule has 1 atom stereocenters. The van der Waals surface area contributed by atoms with E-state index in [0.717, 1.165) is 12.1 Å². The average Bonchev–Trinajstić information content (AvgIpc) is 2.39. The Kier molecular flexibility index (Phi) is 1.95. The molecular formula is C10H7FN2O2. The third kappa shape index (κ3) is 1.27. The van der Waals surface area contributed by atoms with Gasteiger partial charge in [0.05, 0.1) is 18.2 Å². The summed E-state index contributed by atoms with van der Waals surface area (Å²) in [5.41, 5.74) is -1.38. The highest BCUT2D eigenvalue weighted by atomic mass is 19.1. The largest absolute Gasteiger partial charge is 0.374 e. The summed E-state index contributed by atoms with van der Waals surface area (Å²) in [6, 6.07) is 5.29. The summed E-state index contributed by atoms with van der Waals surface area (Å²) in [6.07, 6.45) is -0.350. The Labute approximate surface area is 84.9 Å². The van der Waals surface area contributed by atoms with Gasteiger partial charge >= 0.3 is 0 Å². The first kappa shape index (κ1) is 9.62. The number of halogens is 1. The monoisotopic (exact) mass is 206 g/mol. The fraction of sp³-hybridized carbons (Fsp3) is 0.200. The summed E-state index contributed by atoms with van der Waals surface area (Å²) in [7, 11) is 0. The molecule has 15 heavy (non-hydrogen) atoms. The molecule has 1 heterocycles. The van der Waals surface area contributed by atoms with Crippen LogP contribution in [0.1, 0.15) is 12.0 Å². The van der Waals surface area contributed by atoms with Crippen LogP contribution in [0, 0.1) is 17.1 Å². The van der Waals surface area contributed by atoms with Crippen LogP contribution in [0.3, 0.4) is 0 Å². The molecule has 0 spiro atoms. The third-order valence-electron chi connectivity index (χ3n) is 2.39. The Morgan fingerprint density at radius 1 is 1.60 bits per heavy atom. The van der Waals surface area contributed by atoms with E-state index in [-0.39, 0.29) is 17.7 Å². The smallest absolute Gasteiger partial charge is 0.262 e. The van der Waals surface area contributed by atoms with Crippen molar-refractivity contribution in [3.05, 3.63) is 29.6 Å². The van der Waals surface area contributed by atoms with Crippen LogP contribution in [0.25, 0.3) is 0 Å². The summed E-state index contributed by atoms with van der Waals surface area (Å²) in [6.45, 7) is 0. The van der Waals surface area contributed by atoms with E-state index in [2.05, 4.69) is 5.32 Å². The van der Waals surface area contributed by atoms with Gasteiger partial charge in [0.15, 0.2) is 5.60 Å². The third-order valence-corrected chi connectivity index (χ3v) is 2.39. The standard InChI is InChI=1S/C10H7FN2O2/c11-6-1-2-7-8(5-6)13-9(14)10(7,15)3-4-12/h1-2,5,15H,3H2,(H,13,14). The molecule has 0 aliphatic carbocycles. The van der Waals surface area contributed by atoms with Gasteiger partial charge in [-0.1, -0.05) is 6.07 Å². The number of hydrogen-bond acceptors (Lipinski definition) is 3. The van der Waals surface area contributed by atoms with Gasteiger partial charge in [-0.05, 0) is 12.1 Å². The minimum absolute atomic E-state index is 0.220. The van der Waals surface area contributed by atoms with Crippen LogP contribution in [-0.2, 0) is 10.4 Å². The van der Waals surface area contributed by atoms with Gasteiger partial charge in [-0.3, -0.25) is 4.79 Å². The van der Waals surface area contributed by atoms with Crippen molar-refractivity contribution in [2.45, 2.75) is 12.0 Å². The number of anilines is 1. The number of hydrogen-bond donors (Lipinski definition) is 2. The predicted octanol–water partition coefficient (Wildman–Crippen LogP) is 0.879. The van der Waals surface area contributed by atoms with E-state index < -0.39 is 17.3 Å². The van der Waals surface area contributed by atoms with Crippen molar-refractivity contribution in [3.63, 3.8) is 0 Å². The molecule has 1 aromatic carbocycles. The summed E-state index contributed by atoms with van der Waals surface area (Å²) >= 11 is 0. The van der Waals surface area contributed by atoms with Gasteiger partial charge < -0.3 is 10.4 Å². The van der Waals surface area contributed by atoms with E-state index >= 15 is 0 Å². The first-order valence-electron chi connectivity index (χ1n) is 4.29. The molecule has 1 aromatic rings. The minimum atomic E-state index is -1.85. The minimum Gasteiger partial charge on any atom is -0.374 e. The van der Waals surface area contributed by atoms with Gasteiger partial charge in [0, 0.05) is 5.56 Å². The second-order valence-electron chi connectivity index (χ2n) is 3.34. The molecule has 0 aromatic heterocycles. The van der Waals surface area contributed by atoms with E-state index in [9.17, 15) is 14.3 Å². The molecule has 0 fully saturated rings. The number of carbonyl (C=O) groups excluding carboxylic acids is 1. The molecule has 1 amide bonds. The van der Waals surface area contributed by atoms with Crippen molar-refractivity contribution in [1.82, 2.24) is 0 Å². The van der Waals surface area contributed by atoms with E-state index in [1.807, 2.05) is 0 Å². The maximum absolute atomic E-state index is 12.8. The Bertz CT molecular complexity index is 481. The number of nitrogens with zero attached hydrogens (tertiary/aromatic N) is 1. The Morgan fingerprint density at radius 3 is 3.00 bits per heavy atom. The molecule has 5 heteroatoms. The van der Waals surface area contributed by atoms with Crippen molar-refractivity contribution < 1.29 is 14.3 Å². The molecule has 2 rings (SSSR count). The molecule has 0 radical (unpaired) electrons. The topological polar surface area (TPSA) is 73.1 Å². The maximum Gasteiger partial charge on any atom is 0.262 e. The van der Waals surface area contributed by atoms with E-state index in [1.54, 1.807) is 6.07 Å². The SMILES string of the molecule is N#CCC1(O)C(=O)Nc2cc(F)ccc21. The lowest BCUT2D eigenvalue weighted by molar-refractivity contribution is -0.133. The zero-order chi connectivity index (χ0) is 11.1. The highest BCUT2D eigenvalue weighted by Crippen LogP contribution is 2.38. The van der Waals surface area contributed by atoms with Crippen LogP contribution in [0.15, 0.2) is 18.2 Å². The molecule has 0 saturated carbocycles. The number of fused-ring (bicyclic) bond motifs is 1. The molecule has 76 valence electrons. The van der Waals surface area contributed by atoms with Crippen molar-refractivity contribution in [2.75, 3.05) is 5.32 Å². The van der Waals surface area contributed by atoms with Gasteiger partial charge in [-0.15, -0.1) is 0 Å². The second-order valence-corrected chi connectivity index (χ2v) is 3.34. The summed E-state index contributed by atoms with van der Waals surface area (Å²) in [5.74, 6) is -1.19. The Hall–Kier alpha value is -1.93. The number of benzene rings is 1. The lowest BCUT2D eigenvalue weighted by atomic mass is 9.92. The first-order valence-corrected chi connectivity index (χ1v) is 4.29. The predicted molar refractivity (Wildman–Crippen MR) is 49.2 cm³/mol. The van der Waals surface area contributed by atoms with Crippen molar-refractivity contribution in [2.24, 2.45) is 0 Å². The lowest BCUT2D eigenvalue weighted by Crippen LogP contribution is -2.33. The van der Waals surface area contributed by atoms with Crippen LogP contribution in [0.4, 0.5) is 10.1 Å². The molecule has 0 bridgehead atoms. The van der Waals surface area contributed by atoms with Gasteiger partial charge in [0.1, 0.15) is 5.82 Å². The number of carbonyl (C=O) groups is 1. The fourth-order valence-electron chi connectivity index (χ4n) is 1.62. The van der Waals surface area contributed by atoms with Crippen molar-refractivity contribution >= 4 is 11.6 Å². The number of aliphatic hydroxyl groups is 1. The second kappa shape index (κ2) is 3.04. The number of rotatable bonds is 1. The Balaban J connectivity index is 2.56. The molecule has 1 aliphatic rings. The van der Waals surface area contributed by atoms with Gasteiger partial charge in [0.25, 0.3) is 5.91 Å². The zero-order valence-corrected chi connectivity index (χ0v) is 7.62. The Morgan fingerprint density at radius 2 is 2.33 bits per heavy atom. The van der Waals surface area contributed by atoms with Gasteiger partial charge in [-0.25, -0.2) is 4.39 Å². The van der Waals surface area contributed by atoms with Crippen LogP contribution >= 0.6 is 0 Å². The normalized spacial score (nSPS) is 23.1. The van der Waals surface area contributed by atoms with Gasteiger partial charge in [0.2, 0.25) is 0 Å². The van der Waals surface area contributed by atoms with Crippen LogP contribution < -0.4 is 5.32 Å². The first-order chi connectivity index (χ1) is 7.08. The van der Waals surface area contributed by atoms with E-state index in [4.69, 9.17) is 5.26 Å². The highest BCUT2D eigenvalue weighted by Gasteiger charge is 2.45. The quantitative estimate of drug-likeness (QED) is 0.716. The lowest BCUT2D eigenvalue weighted by Gasteiger charge is -2.16. The average molecular weight is 206 g/mol. The number of nitrogens with one attached hydrogen (secondary N) is 1. The fourth-order valence-corrected chi connectivity index (χ4v) is 1.62. The van der Waals surface area contributed by atoms with Crippen molar-refractivity contribution in [3.8, 4) is 6.07 Å². The van der Waals surface area contributed by atoms with Crippen LogP contribution in [-0.4, -0.2) is 11.0 Å². The molecular weight excluding hydrogens is 199 g/mol. The maximum atomic E-state index is 12.8. The van der Waals surface area contributed by atoms with Gasteiger partial charge in [-0.2, -0.15) is 5.26 Å². The number of nitriles is 1. The van der Waals surface area contributed by atoms with Crippen LogP contribution in [0.5, 0.6) is 0 Å². The zero-order valence-electron chi connectivity index (χ0n) is 7.62. The molecule has 0 saturated heterocycles. The molecule has 2 N–H and O–H groups in total.